The molecule has 0 aromatic heterocycles. The summed E-state index contributed by atoms with van der Waals surface area (Å²) in [7, 11) is 0. The van der Waals surface area contributed by atoms with E-state index in [0.717, 1.165) is 0 Å². The summed E-state index contributed by atoms with van der Waals surface area (Å²) in [6.45, 7) is 0. The Hall–Kier alpha value is -6.14. The summed E-state index contributed by atoms with van der Waals surface area (Å²) < 4.78 is 0. The van der Waals surface area contributed by atoms with Crippen LogP contribution in [0.4, 0.5) is 0 Å². The zero-order valence-corrected chi connectivity index (χ0v) is 29.3. The molecule has 6 nitrogen and oxygen atoms in total. The number of ketones is 6. The van der Waals surface area contributed by atoms with Gasteiger partial charge in [-0.2, -0.15) is 0 Å². The molecule has 0 bridgehead atoms. The standard InChI is InChI=1S/3C15H12O2.Fe/c3*16-14(12-7-3-1-4-8-12)11-15(17)13-9-5-2-6-10-13;/h3*1-10H,11H2;/q;;;+3. The van der Waals surface area contributed by atoms with Crippen molar-refractivity contribution in [2.75, 3.05) is 0 Å². The fourth-order valence-corrected chi connectivity index (χ4v) is 4.79. The molecule has 0 aliphatic carbocycles. The van der Waals surface area contributed by atoms with Crippen molar-refractivity contribution in [2.24, 2.45) is 0 Å². The molecule has 0 saturated heterocycles. The van der Waals surface area contributed by atoms with Gasteiger partial charge in [0.05, 0.1) is 19.3 Å². The largest absolute Gasteiger partial charge is 3.00 e. The normalized spacial score (nSPS) is 9.69. The van der Waals surface area contributed by atoms with E-state index in [4.69, 9.17) is 0 Å². The molecule has 7 heteroatoms. The van der Waals surface area contributed by atoms with Crippen molar-refractivity contribution in [1.29, 1.82) is 0 Å². The summed E-state index contributed by atoms with van der Waals surface area (Å²) in [5.41, 5.74) is 3.48. The number of carbonyl (C=O) groups excluding carboxylic acids is 6. The van der Waals surface area contributed by atoms with E-state index >= 15 is 0 Å². The van der Waals surface area contributed by atoms with E-state index in [1.54, 1.807) is 146 Å². The minimum absolute atomic E-state index is 0. The first kappa shape index (κ1) is 40.3. The van der Waals surface area contributed by atoms with Crippen LogP contribution in [0, 0.1) is 0 Å². The van der Waals surface area contributed by atoms with Crippen LogP contribution in [-0.4, -0.2) is 34.7 Å². The van der Waals surface area contributed by atoms with Crippen molar-refractivity contribution >= 4 is 34.7 Å². The molecule has 1 radical (unpaired) electrons. The molecule has 0 spiro atoms. The third-order valence-electron chi connectivity index (χ3n) is 7.54. The molecule has 0 aliphatic rings. The molecule has 6 aromatic rings. The Kier molecular flexibility index (Phi) is 16.9. The van der Waals surface area contributed by atoms with E-state index in [-0.39, 0.29) is 71.0 Å². The Balaban J connectivity index is 0.000000208. The molecular formula is C45H36FeO6+3. The minimum Gasteiger partial charge on any atom is -0.294 e. The molecule has 0 amide bonds. The van der Waals surface area contributed by atoms with Crippen LogP contribution in [0.15, 0.2) is 182 Å². The van der Waals surface area contributed by atoms with Crippen LogP contribution >= 0.6 is 0 Å². The Bertz CT molecular complexity index is 1640. The second kappa shape index (κ2) is 21.8. The summed E-state index contributed by atoms with van der Waals surface area (Å²) >= 11 is 0. The molecule has 0 N–H and O–H groups in total. The van der Waals surface area contributed by atoms with Crippen molar-refractivity contribution in [1.82, 2.24) is 0 Å². The minimum atomic E-state index is -0.139. The van der Waals surface area contributed by atoms with Gasteiger partial charge in [0.15, 0.2) is 34.7 Å². The number of hydrogen-bond acceptors (Lipinski definition) is 6. The molecule has 6 rings (SSSR count). The van der Waals surface area contributed by atoms with E-state index in [1.165, 1.54) is 0 Å². The van der Waals surface area contributed by atoms with Crippen molar-refractivity contribution in [3.8, 4) is 0 Å². The van der Waals surface area contributed by atoms with Gasteiger partial charge in [-0.15, -0.1) is 0 Å². The summed E-state index contributed by atoms with van der Waals surface area (Å²) in [5.74, 6) is -0.836. The number of carbonyl (C=O) groups is 6. The van der Waals surface area contributed by atoms with E-state index in [0.29, 0.717) is 33.4 Å². The predicted octanol–water partition coefficient (Wildman–Crippen LogP) is 9.42. The maximum absolute atomic E-state index is 11.8. The fourth-order valence-electron chi connectivity index (χ4n) is 4.79. The van der Waals surface area contributed by atoms with Gasteiger partial charge in [0.2, 0.25) is 0 Å². The second-order valence-corrected chi connectivity index (χ2v) is 11.3. The van der Waals surface area contributed by atoms with Crippen LogP contribution in [0.1, 0.15) is 81.4 Å². The van der Waals surface area contributed by atoms with E-state index < -0.39 is 0 Å². The van der Waals surface area contributed by atoms with Gasteiger partial charge in [-0.1, -0.05) is 182 Å². The smallest absolute Gasteiger partial charge is 0.294 e. The molecule has 0 aliphatic heterocycles. The van der Waals surface area contributed by atoms with Crippen LogP contribution in [0.2, 0.25) is 0 Å². The Labute approximate surface area is 314 Å². The van der Waals surface area contributed by atoms with Gasteiger partial charge < -0.3 is 0 Å². The van der Waals surface area contributed by atoms with E-state index in [2.05, 4.69) is 0 Å². The average Bonchev–Trinajstić information content (AvgIpc) is 3.20. The summed E-state index contributed by atoms with van der Waals surface area (Å²) in [4.78, 5) is 70.8. The first-order chi connectivity index (χ1) is 24.8. The van der Waals surface area contributed by atoms with Crippen LogP contribution in [-0.2, 0) is 17.1 Å². The van der Waals surface area contributed by atoms with Crippen molar-refractivity contribution < 1.29 is 45.8 Å². The van der Waals surface area contributed by atoms with Crippen molar-refractivity contribution in [3.05, 3.63) is 215 Å². The molecule has 0 atom stereocenters. The SMILES string of the molecule is O=C(CC(=O)c1ccccc1)c1ccccc1.O=C(CC(=O)c1ccccc1)c1ccccc1.O=C(CC(=O)c1ccccc1)c1ccccc1.[Fe+3]. The molecule has 0 fully saturated rings. The van der Waals surface area contributed by atoms with Gasteiger partial charge in [-0.3, -0.25) is 28.8 Å². The monoisotopic (exact) mass is 728 g/mol. The average molecular weight is 729 g/mol. The number of rotatable bonds is 12. The first-order valence-corrected chi connectivity index (χ1v) is 16.3. The fraction of sp³-hybridized carbons (Fsp3) is 0.0667. The molecular weight excluding hydrogens is 692 g/mol. The maximum Gasteiger partial charge on any atom is 3.00 e. The third kappa shape index (κ3) is 13.3. The van der Waals surface area contributed by atoms with Crippen LogP contribution < -0.4 is 0 Å². The summed E-state index contributed by atoms with van der Waals surface area (Å²) in [6.07, 6.45) is -0.226. The summed E-state index contributed by atoms with van der Waals surface area (Å²) in [6, 6.07) is 53.2. The second-order valence-electron chi connectivity index (χ2n) is 11.3. The van der Waals surface area contributed by atoms with Gasteiger partial charge in [0.25, 0.3) is 0 Å². The molecule has 0 heterocycles. The predicted molar refractivity (Wildman–Crippen MR) is 198 cm³/mol. The van der Waals surface area contributed by atoms with Gasteiger partial charge in [0, 0.05) is 33.4 Å². The van der Waals surface area contributed by atoms with Crippen molar-refractivity contribution in [2.45, 2.75) is 19.3 Å². The van der Waals surface area contributed by atoms with Gasteiger partial charge in [-0.25, -0.2) is 0 Å². The van der Waals surface area contributed by atoms with Crippen molar-refractivity contribution in [3.63, 3.8) is 0 Å². The quantitative estimate of drug-likeness (QED) is 0.0707. The number of Topliss-reactive ketones (excluding diaryl/α,β-unsaturated/α-hetero) is 6. The van der Waals surface area contributed by atoms with Gasteiger partial charge in [0.1, 0.15) is 0 Å². The molecule has 0 unspecified atom stereocenters. The third-order valence-corrected chi connectivity index (χ3v) is 7.54. The molecule has 6 aromatic carbocycles. The number of benzene rings is 6. The van der Waals surface area contributed by atoms with Gasteiger partial charge in [-0.05, 0) is 0 Å². The Morgan fingerprint density at radius 3 is 0.462 bits per heavy atom. The first-order valence-electron chi connectivity index (χ1n) is 16.3. The topological polar surface area (TPSA) is 102 Å². The number of hydrogen-bond donors (Lipinski definition) is 0. The van der Waals surface area contributed by atoms with Crippen LogP contribution in [0.25, 0.3) is 0 Å². The van der Waals surface area contributed by atoms with Crippen LogP contribution in [0.3, 0.4) is 0 Å². The molecule has 257 valence electrons. The zero-order valence-electron chi connectivity index (χ0n) is 28.2. The Morgan fingerprint density at radius 2 is 0.346 bits per heavy atom. The molecule has 52 heavy (non-hydrogen) atoms. The Morgan fingerprint density at radius 1 is 0.231 bits per heavy atom. The maximum atomic E-state index is 11.8. The van der Waals surface area contributed by atoms with E-state index in [1.807, 2.05) is 36.4 Å². The zero-order chi connectivity index (χ0) is 36.3. The molecule has 0 saturated carbocycles. The summed E-state index contributed by atoms with van der Waals surface area (Å²) in [5, 5.41) is 0. The van der Waals surface area contributed by atoms with Gasteiger partial charge >= 0.3 is 17.1 Å². The van der Waals surface area contributed by atoms with E-state index in [9.17, 15) is 28.8 Å². The van der Waals surface area contributed by atoms with Crippen LogP contribution in [0.5, 0.6) is 0 Å².